The zero-order valence-electron chi connectivity index (χ0n) is 12.9. The van der Waals surface area contributed by atoms with E-state index in [1.54, 1.807) is 24.3 Å². The van der Waals surface area contributed by atoms with Crippen molar-refractivity contribution in [2.24, 2.45) is 0 Å². The molecule has 0 aliphatic rings. The summed E-state index contributed by atoms with van der Waals surface area (Å²) in [7, 11) is 0. The number of hydrogen-bond acceptors (Lipinski definition) is 3. The van der Waals surface area contributed by atoms with E-state index in [1.807, 2.05) is 54.6 Å². The van der Waals surface area contributed by atoms with Gasteiger partial charge in [0.15, 0.2) is 0 Å². The minimum Gasteiger partial charge on any atom is -0.508 e. The molecule has 0 spiro atoms. The molecule has 5 heteroatoms. The Kier molecular flexibility index (Phi) is 8.41. The van der Waals surface area contributed by atoms with Crippen molar-refractivity contribution in [3.05, 3.63) is 84.4 Å². The fourth-order valence-corrected chi connectivity index (χ4v) is 2.06. The van der Waals surface area contributed by atoms with Crippen molar-refractivity contribution in [3.8, 4) is 5.75 Å². The third-order valence-electron chi connectivity index (χ3n) is 3.23. The molecular formula is C19H19FeNO3. The van der Waals surface area contributed by atoms with Crippen LogP contribution in [-0.2, 0) is 28.3 Å². The van der Waals surface area contributed by atoms with E-state index in [0.29, 0.717) is 6.42 Å². The van der Waals surface area contributed by atoms with Crippen LogP contribution in [-0.4, -0.2) is 22.2 Å². The molecule has 0 saturated heterocycles. The molecular weight excluding hydrogens is 346 g/mol. The van der Waals surface area contributed by atoms with Crippen molar-refractivity contribution in [2.45, 2.75) is 12.5 Å². The summed E-state index contributed by atoms with van der Waals surface area (Å²) in [6, 6.07) is 23.2. The number of nitrogens with one attached hydrogen (secondary N) is 1. The summed E-state index contributed by atoms with van der Waals surface area (Å²) >= 11 is 0. The first-order chi connectivity index (χ1) is 11.1. The van der Waals surface area contributed by atoms with E-state index in [-0.39, 0.29) is 22.8 Å². The summed E-state index contributed by atoms with van der Waals surface area (Å²) in [6.45, 7) is 0. The smallest absolute Gasteiger partial charge is 0.508 e. The van der Waals surface area contributed by atoms with Crippen LogP contribution in [0.5, 0.6) is 5.75 Å². The Morgan fingerprint density at radius 1 is 1.08 bits per heavy atom. The number of phenolic OH excluding ortho intramolecular Hbond substituents is 1. The van der Waals surface area contributed by atoms with Gasteiger partial charge in [-0.2, -0.15) is 30.3 Å². The van der Waals surface area contributed by atoms with E-state index in [2.05, 4.69) is 5.32 Å². The molecule has 3 rings (SSSR count). The molecule has 24 heavy (non-hydrogen) atoms. The Morgan fingerprint density at radius 2 is 1.67 bits per heavy atom. The molecule has 3 aromatic rings. The Bertz CT molecular complexity index is 659. The van der Waals surface area contributed by atoms with Gasteiger partial charge in [-0.05, 0) is 17.7 Å². The fourth-order valence-electron chi connectivity index (χ4n) is 2.06. The Labute approximate surface area is 152 Å². The number of anilines is 1. The van der Waals surface area contributed by atoms with Crippen LogP contribution >= 0.6 is 0 Å². The molecule has 3 N–H and O–H groups in total. The van der Waals surface area contributed by atoms with Gasteiger partial charge in [0.05, 0.1) is 0 Å². The monoisotopic (exact) mass is 365 g/mol. The molecule has 0 saturated carbocycles. The average molecular weight is 365 g/mol. The minimum atomic E-state index is -0.899. The number of carboxylic acid groups (broad SMARTS) is 1. The molecule has 0 aromatic heterocycles. The van der Waals surface area contributed by atoms with Gasteiger partial charge in [-0.1, -0.05) is 17.8 Å². The Hall–Kier alpha value is -2.49. The molecule has 4 nitrogen and oxygen atoms in total. The van der Waals surface area contributed by atoms with Gasteiger partial charge in [0.1, 0.15) is 11.8 Å². The SMILES string of the molecule is O=C(O)[C@H](Cc1ccc(O)cc1)N[c-]1cccc1.[Fe+2].c1cc[cH-]c1. The second-order valence-electron chi connectivity index (χ2n) is 5.04. The standard InChI is InChI=1S/C14H14NO3.C5H5.Fe/c16-12-7-5-10(6-8-12)9-13(14(17)18)15-11-3-1-2-4-11;1-2-4-5-3-1;/h1-8,13,15-16H,9H2,(H,17,18);1-5H;/q2*-1;+2/t13-;;/m0../s1. The first kappa shape index (κ1) is 19.6. The van der Waals surface area contributed by atoms with Gasteiger partial charge in [0.2, 0.25) is 0 Å². The zero-order chi connectivity index (χ0) is 16.5. The topological polar surface area (TPSA) is 69.6 Å². The predicted molar refractivity (Wildman–Crippen MR) is 90.9 cm³/mol. The maximum Gasteiger partial charge on any atom is 2.00 e. The summed E-state index contributed by atoms with van der Waals surface area (Å²) in [6.07, 6.45) is 0.362. The summed E-state index contributed by atoms with van der Waals surface area (Å²) in [4.78, 5) is 11.2. The molecule has 0 bridgehead atoms. The van der Waals surface area contributed by atoms with Crippen LogP contribution in [0, 0.1) is 0 Å². The van der Waals surface area contributed by atoms with Gasteiger partial charge in [0.25, 0.3) is 0 Å². The van der Waals surface area contributed by atoms with Gasteiger partial charge in [0, 0.05) is 6.42 Å². The van der Waals surface area contributed by atoms with E-state index in [0.717, 1.165) is 11.3 Å². The number of rotatable bonds is 5. The molecule has 0 aliphatic heterocycles. The third kappa shape index (κ3) is 6.73. The first-order valence-electron chi connectivity index (χ1n) is 7.31. The number of benzene rings is 1. The van der Waals surface area contributed by atoms with Crippen molar-refractivity contribution in [1.29, 1.82) is 0 Å². The van der Waals surface area contributed by atoms with Crippen LogP contribution in [0.3, 0.4) is 0 Å². The molecule has 126 valence electrons. The predicted octanol–water partition coefficient (Wildman–Crippen LogP) is 3.62. The number of carbonyl (C=O) groups is 1. The summed E-state index contributed by atoms with van der Waals surface area (Å²) in [5, 5.41) is 21.3. The van der Waals surface area contributed by atoms with E-state index >= 15 is 0 Å². The van der Waals surface area contributed by atoms with Gasteiger partial charge in [-0.25, -0.2) is 24.3 Å². The van der Waals surface area contributed by atoms with E-state index in [1.165, 1.54) is 0 Å². The van der Waals surface area contributed by atoms with Crippen LogP contribution in [0.25, 0.3) is 0 Å². The maximum absolute atomic E-state index is 11.2. The van der Waals surface area contributed by atoms with Crippen molar-refractivity contribution < 1.29 is 32.1 Å². The molecule has 1 atom stereocenters. The quantitative estimate of drug-likeness (QED) is 0.477. The van der Waals surface area contributed by atoms with Crippen molar-refractivity contribution in [2.75, 3.05) is 5.32 Å². The largest absolute Gasteiger partial charge is 2.00 e. The van der Waals surface area contributed by atoms with Crippen molar-refractivity contribution in [1.82, 2.24) is 0 Å². The third-order valence-corrected chi connectivity index (χ3v) is 3.23. The second-order valence-corrected chi connectivity index (χ2v) is 5.04. The minimum absolute atomic E-state index is 0. The van der Waals surface area contributed by atoms with E-state index in [9.17, 15) is 15.0 Å². The number of aromatic hydroxyl groups is 1. The van der Waals surface area contributed by atoms with Crippen molar-refractivity contribution in [3.63, 3.8) is 0 Å². The van der Waals surface area contributed by atoms with Crippen LogP contribution in [0.15, 0.2) is 78.9 Å². The number of carboxylic acids is 1. The first-order valence-corrected chi connectivity index (χ1v) is 7.31. The number of phenols is 1. The van der Waals surface area contributed by atoms with E-state index < -0.39 is 12.0 Å². The van der Waals surface area contributed by atoms with Crippen LogP contribution in [0.4, 0.5) is 5.69 Å². The van der Waals surface area contributed by atoms with E-state index in [4.69, 9.17) is 0 Å². The molecule has 0 unspecified atom stereocenters. The van der Waals surface area contributed by atoms with Crippen LogP contribution in [0.1, 0.15) is 5.56 Å². The molecule has 0 aliphatic carbocycles. The maximum atomic E-state index is 11.2. The summed E-state index contributed by atoms with van der Waals surface area (Å²) < 4.78 is 0. The number of hydrogen-bond donors (Lipinski definition) is 3. The van der Waals surface area contributed by atoms with Gasteiger partial charge in [-0.15, -0.1) is 0 Å². The van der Waals surface area contributed by atoms with Gasteiger partial charge < -0.3 is 15.5 Å². The average Bonchev–Trinajstić information content (AvgIpc) is 3.24. The van der Waals surface area contributed by atoms with Crippen LogP contribution < -0.4 is 5.32 Å². The Balaban J connectivity index is 0.000000412. The van der Waals surface area contributed by atoms with Crippen LogP contribution in [0.2, 0.25) is 0 Å². The molecule has 0 radical (unpaired) electrons. The fraction of sp³-hybridized carbons (Fsp3) is 0.105. The summed E-state index contributed by atoms with van der Waals surface area (Å²) in [5.41, 5.74) is 1.65. The molecule has 0 amide bonds. The zero-order valence-corrected chi connectivity index (χ0v) is 14.1. The summed E-state index contributed by atoms with van der Waals surface area (Å²) in [5.74, 6) is -0.723. The Morgan fingerprint density at radius 3 is 2.12 bits per heavy atom. The van der Waals surface area contributed by atoms with Crippen molar-refractivity contribution >= 4 is 11.7 Å². The molecule has 0 fully saturated rings. The van der Waals surface area contributed by atoms with Gasteiger partial charge >= 0.3 is 23.0 Å². The van der Waals surface area contributed by atoms with Gasteiger partial charge in [-0.3, -0.25) is 4.79 Å². The number of aliphatic carboxylic acids is 1. The molecule has 0 heterocycles. The normalized spacial score (nSPS) is 10.7. The second kappa shape index (κ2) is 10.3. The molecule has 3 aromatic carbocycles.